The monoisotopic (exact) mass is 457 g/mol. The van der Waals surface area contributed by atoms with Crippen LogP contribution in [0.1, 0.15) is 21.7 Å². The molecule has 0 unspecified atom stereocenters. The van der Waals surface area contributed by atoms with Gasteiger partial charge in [0.1, 0.15) is 9.71 Å². The number of carbonyl (C=O) groups excluding carboxylic acids is 1. The molecule has 0 saturated heterocycles. The number of allylic oxidation sites excluding steroid dienone is 5. The van der Waals surface area contributed by atoms with E-state index in [2.05, 4.69) is 15.1 Å². The van der Waals surface area contributed by atoms with Gasteiger partial charge in [-0.05, 0) is 18.1 Å². The van der Waals surface area contributed by atoms with Gasteiger partial charge in [0.2, 0.25) is 5.88 Å². The van der Waals surface area contributed by atoms with Crippen molar-refractivity contribution in [1.29, 1.82) is 0 Å². The topological polar surface area (TPSA) is 125 Å². The SMILES string of the molecule is C#C/C=C\C=C/C/C=C/c1cc(OS(=O)(=O)C(F)(F)F)nc2sc(C(N)=O)c(N)c12. The van der Waals surface area contributed by atoms with Gasteiger partial charge in [-0.2, -0.15) is 21.6 Å². The quantitative estimate of drug-likeness (QED) is 0.284. The van der Waals surface area contributed by atoms with Gasteiger partial charge < -0.3 is 15.7 Å². The van der Waals surface area contributed by atoms with E-state index >= 15 is 0 Å². The maximum absolute atomic E-state index is 12.6. The normalized spacial score (nSPS) is 12.9. The second-order valence-corrected chi connectivity index (χ2v) is 8.05. The van der Waals surface area contributed by atoms with Crippen molar-refractivity contribution in [2.24, 2.45) is 5.73 Å². The highest BCUT2D eigenvalue weighted by molar-refractivity contribution is 7.87. The van der Waals surface area contributed by atoms with E-state index in [-0.39, 0.29) is 26.3 Å². The molecule has 1 amide bonds. The molecule has 2 aromatic heterocycles. The van der Waals surface area contributed by atoms with Gasteiger partial charge in [0.05, 0.1) is 5.69 Å². The third-order valence-corrected chi connectivity index (χ3v) is 5.49. The number of nitrogens with zero attached hydrogens (tertiary/aromatic N) is 1. The van der Waals surface area contributed by atoms with E-state index < -0.39 is 27.4 Å². The molecule has 158 valence electrons. The van der Waals surface area contributed by atoms with Crippen LogP contribution in [0.2, 0.25) is 0 Å². The fraction of sp³-hybridized carbons (Fsp3) is 0.111. The Morgan fingerprint density at radius 1 is 1.33 bits per heavy atom. The molecule has 30 heavy (non-hydrogen) atoms. The van der Waals surface area contributed by atoms with Crippen LogP contribution in [0.15, 0.2) is 36.4 Å². The van der Waals surface area contributed by atoms with Crippen LogP contribution in [0.4, 0.5) is 18.9 Å². The van der Waals surface area contributed by atoms with Crippen LogP contribution in [0.5, 0.6) is 5.88 Å². The molecular formula is C18H14F3N3O4S2. The number of fused-ring (bicyclic) bond motifs is 1. The number of pyridine rings is 1. The molecule has 0 spiro atoms. The summed E-state index contributed by atoms with van der Waals surface area (Å²) in [5.41, 5.74) is 5.71. The minimum absolute atomic E-state index is 0.0108. The van der Waals surface area contributed by atoms with E-state index in [9.17, 15) is 26.4 Å². The standard InChI is InChI=1S/C18H14F3N3O4S2/c1-2-3-4-5-6-7-8-9-11-10-12(28-30(26,27)18(19,20)21)24-17-13(11)14(22)15(29-17)16(23)25/h1,3-6,8-10H,7,22H2,(H2,23,25)/b4-3-,6-5-,9-8+. The minimum atomic E-state index is -5.93. The van der Waals surface area contributed by atoms with E-state index in [0.29, 0.717) is 17.8 Å². The van der Waals surface area contributed by atoms with Crippen LogP contribution in [-0.4, -0.2) is 24.8 Å². The Morgan fingerprint density at radius 3 is 2.63 bits per heavy atom. The molecule has 7 nitrogen and oxygen atoms in total. The summed E-state index contributed by atoms with van der Waals surface area (Å²) in [5, 5.41) is 0.234. The summed E-state index contributed by atoms with van der Waals surface area (Å²) in [6.45, 7) is 0. The van der Waals surface area contributed by atoms with Crippen LogP contribution in [0.25, 0.3) is 16.3 Å². The predicted octanol–water partition coefficient (Wildman–Crippen LogP) is 3.35. The summed E-state index contributed by atoms with van der Waals surface area (Å²) >= 11 is 0.704. The Morgan fingerprint density at radius 2 is 2.03 bits per heavy atom. The number of thiophene rings is 1. The van der Waals surface area contributed by atoms with Gasteiger partial charge in [0.25, 0.3) is 5.91 Å². The van der Waals surface area contributed by atoms with E-state index in [0.717, 1.165) is 6.07 Å². The lowest BCUT2D eigenvalue weighted by atomic mass is 10.1. The van der Waals surface area contributed by atoms with Crippen molar-refractivity contribution < 1.29 is 30.6 Å². The molecular weight excluding hydrogens is 443 g/mol. The average molecular weight is 457 g/mol. The number of amides is 1. The molecule has 0 bridgehead atoms. The lowest BCUT2D eigenvalue weighted by Crippen LogP contribution is -2.28. The third-order valence-electron chi connectivity index (χ3n) is 3.42. The summed E-state index contributed by atoms with van der Waals surface area (Å²) in [5.74, 6) is 0.616. The van der Waals surface area contributed by atoms with E-state index in [1.165, 1.54) is 12.2 Å². The van der Waals surface area contributed by atoms with Gasteiger partial charge in [-0.25, -0.2) is 4.98 Å². The first-order valence-electron chi connectivity index (χ1n) is 7.96. The van der Waals surface area contributed by atoms with Crippen molar-refractivity contribution in [1.82, 2.24) is 4.98 Å². The average Bonchev–Trinajstić information content (AvgIpc) is 2.96. The van der Waals surface area contributed by atoms with E-state index in [1.54, 1.807) is 24.3 Å². The van der Waals surface area contributed by atoms with Gasteiger partial charge in [-0.3, -0.25) is 4.79 Å². The number of halogens is 3. The highest BCUT2D eigenvalue weighted by Crippen LogP contribution is 2.38. The number of hydrogen-bond donors (Lipinski definition) is 2. The minimum Gasteiger partial charge on any atom is -0.397 e. The Kier molecular flexibility index (Phi) is 6.91. The molecule has 12 heteroatoms. The van der Waals surface area contributed by atoms with Crippen LogP contribution in [-0.2, 0) is 10.1 Å². The molecule has 2 rings (SSSR count). The number of hydrogen-bond acceptors (Lipinski definition) is 7. The van der Waals surface area contributed by atoms with Crippen LogP contribution in [0.3, 0.4) is 0 Å². The van der Waals surface area contributed by atoms with Crippen molar-refractivity contribution in [2.45, 2.75) is 11.9 Å². The zero-order chi connectivity index (χ0) is 22.5. The molecule has 4 N–H and O–H groups in total. The Balaban J connectivity index is 2.52. The fourth-order valence-electron chi connectivity index (χ4n) is 2.19. The first-order valence-corrected chi connectivity index (χ1v) is 10.2. The molecule has 0 aliphatic rings. The number of rotatable bonds is 7. The number of aromatic nitrogens is 1. The summed E-state index contributed by atoms with van der Waals surface area (Å²) in [6, 6.07) is 0.970. The third kappa shape index (κ3) is 5.19. The predicted molar refractivity (Wildman–Crippen MR) is 109 cm³/mol. The molecule has 0 aliphatic carbocycles. The number of nitrogen functional groups attached to an aromatic ring is 1. The van der Waals surface area contributed by atoms with Gasteiger partial charge in [-0.15, -0.1) is 17.8 Å². The molecule has 2 aromatic rings. The Hall–Kier alpha value is -3.30. The molecule has 0 atom stereocenters. The number of primary amides is 1. The maximum atomic E-state index is 12.6. The molecule has 0 saturated carbocycles. The molecule has 0 radical (unpaired) electrons. The van der Waals surface area contributed by atoms with Gasteiger partial charge >= 0.3 is 15.6 Å². The van der Waals surface area contributed by atoms with Crippen LogP contribution in [0, 0.1) is 12.3 Å². The van der Waals surface area contributed by atoms with Crippen molar-refractivity contribution in [3.63, 3.8) is 0 Å². The number of alkyl halides is 3. The smallest absolute Gasteiger partial charge is 0.397 e. The highest BCUT2D eigenvalue weighted by atomic mass is 32.2. The molecule has 0 aromatic carbocycles. The summed E-state index contributed by atoms with van der Waals surface area (Å²) in [4.78, 5) is 15.2. The zero-order valence-electron chi connectivity index (χ0n) is 15.0. The number of terminal acetylenes is 1. The van der Waals surface area contributed by atoms with Crippen LogP contribution >= 0.6 is 11.3 Å². The first kappa shape index (κ1) is 23.0. The highest BCUT2D eigenvalue weighted by Gasteiger charge is 2.49. The summed E-state index contributed by atoms with van der Waals surface area (Å²) < 4.78 is 64.6. The molecule has 0 aliphatic heterocycles. The molecule has 0 fully saturated rings. The number of anilines is 1. The van der Waals surface area contributed by atoms with Crippen molar-refractivity contribution in [3.8, 4) is 18.2 Å². The number of nitrogens with two attached hydrogens (primary N) is 2. The van der Waals surface area contributed by atoms with Crippen molar-refractivity contribution in [2.75, 3.05) is 5.73 Å². The summed E-state index contributed by atoms with van der Waals surface area (Å²) in [7, 11) is -5.93. The number of carbonyl (C=O) groups is 1. The lowest BCUT2D eigenvalue weighted by molar-refractivity contribution is -0.0501. The Labute approximate surface area is 173 Å². The largest absolute Gasteiger partial charge is 0.534 e. The van der Waals surface area contributed by atoms with Gasteiger partial charge in [0, 0.05) is 11.5 Å². The summed E-state index contributed by atoms with van der Waals surface area (Å²) in [6.07, 6.45) is 15.1. The Bertz CT molecular complexity index is 1200. The zero-order valence-corrected chi connectivity index (χ0v) is 16.6. The lowest BCUT2D eigenvalue weighted by Gasteiger charge is -2.09. The van der Waals surface area contributed by atoms with Crippen LogP contribution < -0.4 is 15.7 Å². The molecule has 2 heterocycles. The van der Waals surface area contributed by atoms with Gasteiger partial charge in [0.15, 0.2) is 0 Å². The maximum Gasteiger partial charge on any atom is 0.534 e. The van der Waals surface area contributed by atoms with Gasteiger partial charge in [-0.1, -0.05) is 36.3 Å². The van der Waals surface area contributed by atoms with Crippen molar-refractivity contribution >= 4 is 49.3 Å². The van der Waals surface area contributed by atoms with Crippen molar-refractivity contribution in [3.05, 3.63) is 46.9 Å². The second-order valence-electron chi connectivity index (χ2n) is 5.51. The first-order chi connectivity index (χ1) is 14.0. The second kappa shape index (κ2) is 9.02. The van der Waals surface area contributed by atoms with E-state index in [1.807, 2.05) is 0 Å². The fourth-order valence-corrected chi connectivity index (χ4v) is 3.56. The van der Waals surface area contributed by atoms with E-state index in [4.69, 9.17) is 17.9 Å².